The molecule has 8 heteroatoms. The Morgan fingerprint density at radius 1 is 0.811 bits per heavy atom. The molecule has 8 nitrogen and oxygen atoms in total. The van der Waals surface area contributed by atoms with Crippen molar-refractivity contribution in [2.45, 2.75) is 20.0 Å². The minimum absolute atomic E-state index is 0.0960. The van der Waals surface area contributed by atoms with Gasteiger partial charge in [-0.2, -0.15) is 0 Å². The van der Waals surface area contributed by atoms with Crippen LogP contribution < -0.4 is 14.4 Å². The highest BCUT2D eigenvalue weighted by Gasteiger charge is 2.18. The van der Waals surface area contributed by atoms with Crippen LogP contribution in [0.5, 0.6) is 17.2 Å². The Balaban J connectivity index is 1.50. The third-order valence-electron chi connectivity index (χ3n) is 5.75. The quantitative estimate of drug-likeness (QED) is 0.189. The molecule has 0 bridgehead atoms. The summed E-state index contributed by atoms with van der Waals surface area (Å²) in [6.07, 6.45) is 0. The van der Waals surface area contributed by atoms with Gasteiger partial charge in [0.1, 0.15) is 17.2 Å². The van der Waals surface area contributed by atoms with E-state index in [-0.39, 0.29) is 10.6 Å². The first-order chi connectivity index (χ1) is 17.9. The number of ether oxygens (including phenoxy) is 2. The molecule has 37 heavy (non-hydrogen) atoms. The molecule has 0 heterocycles. The van der Waals surface area contributed by atoms with Crippen LogP contribution in [0.15, 0.2) is 97.1 Å². The molecule has 188 valence electrons. The molecular weight excluding hydrogens is 472 g/mol. The lowest BCUT2D eigenvalue weighted by Crippen LogP contribution is -2.23. The van der Waals surface area contributed by atoms with E-state index in [1.807, 2.05) is 60.7 Å². The zero-order valence-corrected chi connectivity index (χ0v) is 20.2. The van der Waals surface area contributed by atoms with Gasteiger partial charge in [0.2, 0.25) is 0 Å². The highest BCUT2D eigenvalue weighted by molar-refractivity contribution is 5.68. The molecule has 4 rings (SSSR count). The van der Waals surface area contributed by atoms with Crippen LogP contribution in [-0.4, -0.2) is 22.6 Å². The van der Waals surface area contributed by atoms with Gasteiger partial charge in [0.15, 0.2) is 6.61 Å². The Morgan fingerprint density at radius 2 is 1.38 bits per heavy atom. The highest BCUT2D eigenvalue weighted by Crippen LogP contribution is 2.31. The number of rotatable bonds is 11. The van der Waals surface area contributed by atoms with Crippen molar-refractivity contribution in [1.29, 1.82) is 0 Å². The second kappa shape index (κ2) is 11.7. The average molecular weight is 499 g/mol. The summed E-state index contributed by atoms with van der Waals surface area (Å²) in [7, 11) is 0. The molecule has 0 aliphatic rings. The fourth-order valence-electron chi connectivity index (χ4n) is 3.95. The van der Waals surface area contributed by atoms with Gasteiger partial charge in [-0.3, -0.25) is 10.1 Å². The topological polar surface area (TPSA) is 102 Å². The van der Waals surface area contributed by atoms with Crippen LogP contribution in [0.25, 0.3) is 0 Å². The number of hydrogen-bond acceptors (Lipinski definition) is 6. The van der Waals surface area contributed by atoms with E-state index in [1.54, 1.807) is 37.3 Å². The summed E-state index contributed by atoms with van der Waals surface area (Å²) in [4.78, 5) is 23.9. The van der Waals surface area contributed by atoms with Crippen molar-refractivity contribution in [2.75, 3.05) is 11.5 Å². The fraction of sp³-hybridized carbons (Fsp3) is 0.138. The number of carboxylic acids is 1. The van der Waals surface area contributed by atoms with Crippen LogP contribution in [0.3, 0.4) is 0 Å². The predicted molar refractivity (Wildman–Crippen MR) is 140 cm³/mol. The van der Waals surface area contributed by atoms with Gasteiger partial charge in [0.25, 0.3) is 5.69 Å². The van der Waals surface area contributed by atoms with Crippen molar-refractivity contribution in [2.24, 2.45) is 0 Å². The summed E-state index contributed by atoms with van der Waals surface area (Å²) in [5.41, 5.74) is 3.65. The van der Waals surface area contributed by atoms with Gasteiger partial charge >= 0.3 is 5.97 Å². The molecule has 0 fully saturated rings. The largest absolute Gasteiger partial charge is 0.482 e. The minimum atomic E-state index is -1.04. The van der Waals surface area contributed by atoms with Gasteiger partial charge < -0.3 is 19.5 Å². The standard InChI is InChI=1S/C29H26N2O6/c1-21-27(8-5-9-28(21)31(34)35)30(18-22-6-3-2-4-7-22)19-23-10-12-25(13-11-23)37-26-16-14-24(15-17-26)36-20-29(32)33/h2-17H,18-20H2,1H3,(H,32,33). The summed E-state index contributed by atoms with van der Waals surface area (Å²) in [6.45, 7) is 2.52. The zero-order valence-electron chi connectivity index (χ0n) is 20.2. The van der Waals surface area contributed by atoms with E-state index in [1.165, 1.54) is 6.07 Å². The molecule has 0 amide bonds. The van der Waals surface area contributed by atoms with Crippen molar-refractivity contribution in [3.63, 3.8) is 0 Å². The Kier molecular flexibility index (Phi) is 8.00. The van der Waals surface area contributed by atoms with Crippen LogP contribution in [-0.2, 0) is 17.9 Å². The normalized spacial score (nSPS) is 10.5. The predicted octanol–water partition coefficient (Wildman–Crippen LogP) is 6.37. The van der Waals surface area contributed by atoms with Gasteiger partial charge in [-0.1, -0.05) is 48.5 Å². The van der Waals surface area contributed by atoms with Crippen LogP contribution in [0.1, 0.15) is 16.7 Å². The number of anilines is 1. The number of hydrogen-bond donors (Lipinski definition) is 1. The first kappa shape index (κ1) is 25.2. The molecular formula is C29H26N2O6. The molecule has 1 N–H and O–H groups in total. The maximum absolute atomic E-state index is 11.5. The maximum atomic E-state index is 11.5. The highest BCUT2D eigenvalue weighted by atomic mass is 16.6. The van der Waals surface area contributed by atoms with Crippen LogP contribution in [0.4, 0.5) is 11.4 Å². The van der Waals surface area contributed by atoms with E-state index in [0.29, 0.717) is 35.9 Å². The van der Waals surface area contributed by atoms with Crippen LogP contribution in [0.2, 0.25) is 0 Å². The Labute approximate surface area is 214 Å². The minimum Gasteiger partial charge on any atom is -0.482 e. The molecule has 0 atom stereocenters. The van der Waals surface area contributed by atoms with Gasteiger partial charge in [0, 0.05) is 24.8 Å². The molecule has 0 spiro atoms. The SMILES string of the molecule is Cc1c(N(Cc2ccccc2)Cc2ccc(Oc3ccc(OCC(=O)O)cc3)cc2)cccc1[N+](=O)[O-]. The number of carboxylic acid groups (broad SMARTS) is 1. The van der Waals surface area contributed by atoms with E-state index in [9.17, 15) is 14.9 Å². The molecule has 4 aromatic rings. The van der Waals surface area contributed by atoms with E-state index in [2.05, 4.69) is 4.90 Å². The molecule has 0 radical (unpaired) electrons. The molecule has 0 aliphatic carbocycles. The summed E-state index contributed by atoms with van der Waals surface area (Å²) in [5, 5.41) is 20.2. The molecule has 0 aliphatic heterocycles. The Morgan fingerprint density at radius 3 is 1.97 bits per heavy atom. The number of nitro groups is 1. The summed E-state index contributed by atoms with van der Waals surface area (Å²) in [6, 6.07) is 29.5. The number of nitro benzene ring substituents is 1. The molecule has 0 saturated carbocycles. The Hall–Kier alpha value is -4.85. The van der Waals surface area contributed by atoms with E-state index >= 15 is 0 Å². The molecule has 4 aromatic carbocycles. The summed E-state index contributed by atoms with van der Waals surface area (Å²) in [5.74, 6) is 0.640. The number of carbonyl (C=O) groups is 1. The fourth-order valence-corrected chi connectivity index (χ4v) is 3.95. The second-order valence-electron chi connectivity index (χ2n) is 8.42. The van der Waals surface area contributed by atoms with E-state index in [4.69, 9.17) is 14.6 Å². The van der Waals surface area contributed by atoms with Gasteiger partial charge in [-0.25, -0.2) is 4.79 Å². The maximum Gasteiger partial charge on any atom is 0.341 e. The van der Waals surface area contributed by atoms with Crippen LogP contribution in [0, 0.1) is 17.0 Å². The van der Waals surface area contributed by atoms with Crippen molar-refractivity contribution >= 4 is 17.3 Å². The monoisotopic (exact) mass is 498 g/mol. The number of nitrogens with zero attached hydrogens (tertiary/aromatic N) is 2. The van der Waals surface area contributed by atoms with Crippen molar-refractivity contribution in [1.82, 2.24) is 0 Å². The molecule has 0 saturated heterocycles. The smallest absolute Gasteiger partial charge is 0.341 e. The average Bonchev–Trinajstić information content (AvgIpc) is 2.89. The number of aliphatic carboxylic acids is 1. The van der Waals surface area contributed by atoms with Crippen molar-refractivity contribution in [3.05, 3.63) is 124 Å². The number of benzene rings is 4. The molecule has 0 unspecified atom stereocenters. The third kappa shape index (κ3) is 6.85. The molecule has 0 aromatic heterocycles. The van der Waals surface area contributed by atoms with Crippen molar-refractivity contribution < 1.29 is 24.3 Å². The van der Waals surface area contributed by atoms with Crippen LogP contribution >= 0.6 is 0 Å². The third-order valence-corrected chi connectivity index (χ3v) is 5.75. The first-order valence-corrected chi connectivity index (χ1v) is 11.6. The van der Waals surface area contributed by atoms with E-state index < -0.39 is 12.6 Å². The lowest BCUT2D eigenvalue weighted by molar-refractivity contribution is -0.385. The first-order valence-electron chi connectivity index (χ1n) is 11.6. The van der Waals surface area contributed by atoms with Gasteiger partial charge in [-0.05, 0) is 60.5 Å². The lowest BCUT2D eigenvalue weighted by atomic mass is 10.1. The van der Waals surface area contributed by atoms with Crippen molar-refractivity contribution in [3.8, 4) is 17.2 Å². The zero-order chi connectivity index (χ0) is 26.2. The Bertz CT molecular complexity index is 1360. The lowest BCUT2D eigenvalue weighted by Gasteiger charge is -2.27. The summed E-state index contributed by atoms with van der Waals surface area (Å²) >= 11 is 0. The van der Waals surface area contributed by atoms with E-state index in [0.717, 1.165) is 16.8 Å². The summed E-state index contributed by atoms with van der Waals surface area (Å²) < 4.78 is 11.0. The van der Waals surface area contributed by atoms with Gasteiger partial charge in [0.05, 0.1) is 10.5 Å². The van der Waals surface area contributed by atoms with Gasteiger partial charge in [-0.15, -0.1) is 0 Å². The second-order valence-corrected chi connectivity index (χ2v) is 8.42.